The molecule has 0 saturated carbocycles. The molecule has 4 aromatic rings. The van der Waals surface area contributed by atoms with Gasteiger partial charge < -0.3 is 9.67 Å². The normalized spacial score (nSPS) is 11.0. The second-order valence-electron chi connectivity index (χ2n) is 6.19. The fraction of sp³-hybridized carbons (Fsp3) is 0.0455. The summed E-state index contributed by atoms with van der Waals surface area (Å²) in [5.74, 6) is -0.104. The van der Waals surface area contributed by atoms with Crippen molar-refractivity contribution in [2.75, 3.05) is 0 Å². The lowest BCUT2D eigenvalue weighted by atomic mass is 10.0. The van der Waals surface area contributed by atoms with Gasteiger partial charge in [-0.05, 0) is 52.9 Å². The zero-order valence-corrected chi connectivity index (χ0v) is 13.9. The molecule has 0 aliphatic rings. The van der Waals surface area contributed by atoms with Gasteiger partial charge in [-0.2, -0.15) is 0 Å². The Balaban J connectivity index is 1.74. The van der Waals surface area contributed by atoms with Crippen LogP contribution in [-0.4, -0.2) is 9.67 Å². The largest absolute Gasteiger partial charge is 0.508 e. The molecule has 1 N–H and O–H groups in total. The van der Waals surface area contributed by atoms with E-state index in [-0.39, 0.29) is 23.7 Å². The van der Waals surface area contributed by atoms with Gasteiger partial charge in [-0.15, -0.1) is 0 Å². The molecule has 26 heavy (non-hydrogen) atoms. The van der Waals surface area contributed by atoms with Crippen molar-refractivity contribution in [3.05, 3.63) is 101 Å². The third-order valence-electron chi connectivity index (χ3n) is 4.48. The van der Waals surface area contributed by atoms with Gasteiger partial charge in [-0.1, -0.05) is 36.4 Å². The van der Waals surface area contributed by atoms with Crippen LogP contribution in [0.4, 0.5) is 4.39 Å². The average molecular weight is 345 g/mol. The SMILES string of the molecule is O=c1c2ccc(-c3ccc(O)cc3)cc2ccn1Cc1ccccc1F. The van der Waals surface area contributed by atoms with Crippen molar-refractivity contribution in [2.45, 2.75) is 6.54 Å². The minimum atomic E-state index is -0.317. The first-order valence-electron chi connectivity index (χ1n) is 8.28. The van der Waals surface area contributed by atoms with E-state index >= 15 is 0 Å². The van der Waals surface area contributed by atoms with Gasteiger partial charge >= 0.3 is 0 Å². The molecule has 4 rings (SSSR count). The molecule has 3 nitrogen and oxygen atoms in total. The predicted octanol–water partition coefficient (Wildman–Crippen LogP) is 4.56. The number of benzene rings is 3. The standard InChI is InChI=1S/C22H16FNO2/c23-21-4-2-1-3-18(21)14-24-12-11-17-13-16(7-10-20(17)22(24)26)15-5-8-19(25)9-6-15/h1-13,25H,14H2. The third-order valence-corrected chi connectivity index (χ3v) is 4.48. The zero-order chi connectivity index (χ0) is 18.1. The van der Waals surface area contributed by atoms with Crippen LogP contribution >= 0.6 is 0 Å². The molecular weight excluding hydrogens is 329 g/mol. The summed E-state index contributed by atoms with van der Waals surface area (Å²) in [4.78, 5) is 12.7. The molecule has 3 aromatic carbocycles. The summed E-state index contributed by atoms with van der Waals surface area (Å²) in [6.45, 7) is 0.196. The molecule has 128 valence electrons. The first-order chi connectivity index (χ1) is 12.6. The number of aromatic nitrogens is 1. The van der Waals surface area contributed by atoms with Gasteiger partial charge in [0.15, 0.2) is 0 Å². The summed E-state index contributed by atoms with van der Waals surface area (Å²) in [5.41, 5.74) is 2.25. The highest BCUT2D eigenvalue weighted by molar-refractivity contribution is 5.86. The topological polar surface area (TPSA) is 42.2 Å². The van der Waals surface area contributed by atoms with Crippen molar-refractivity contribution < 1.29 is 9.50 Å². The summed E-state index contributed by atoms with van der Waals surface area (Å²) in [6, 6.07) is 20.9. The highest BCUT2D eigenvalue weighted by atomic mass is 19.1. The number of aromatic hydroxyl groups is 1. The first-order valence-corrected chi connectivity index (χ1v) is 8.28. The molecule has 0 bridgehead atoms. The smallest absolute Gasteiger partial charge is 0.258 e. The van der Waals surface area contributed by atoms with Crippen molar-refractivity contribution in [3.8, 4) is 16.9 Å². The number of halogens is 1. The van der Waals surface area contributed by atoms with Crippen molar-refractivity contribution in [1.29, 1.82) is 0 Å². The van der Waals surface area contributed by atoms with Crippen LogP contribution in [0.2, 0.25) is 0 Å². The molecule has 0 aliphatic carbocycles. The van der Waals surface area contributed by atoms with Gasteiger partial charge in [0.25, 0.3) is 5.56 Å². The number of hydrogen-bond donors (Lipinski definition) is 1. The van der Waals surface area contributed by atoms with Gasteiger partial charge in [0, 0.05) is 17.1 Å². The molecule has 0 saturated heterocycles. The van der Waals surface area contributed by atoms with E-state index in [0.717, 1.165) is 16.5 Å². The highest BCUT2D eigenvalue weighted by Crippen LogP contribution is 2.25. The number of rotatable bonds is 3. The van der Waals surface area contributed by atoms with Crippen molar-refractivity contribution in [3.63, 3.8) is 0 Å². The number of hydrogen-bond acceptors (Lipinski definition) is 2. The monoisotopic (exact) mass is 345 g/mol. The number of phenols is 1. The molecule has 0 amide bonds. The number of fused-ring (bicyclic) bond motifs is 1. The summed E-state index contributed by atoms with van der Waals surface area (Å²) >= 11 is 0. The summed E-state index contributed by atoms with van der Waals surface area (Å²) in [5, 5.41) is 10.8. The number of pyridine rings is 1. The van der Waals surface area contributed by atoms with Crippen LogP contribution < -0.4 is 5.56 Å². The molecule has 0 radical (unpaired) electrons. The fourth-order valence-electron chi connectivity index (χ4n) is 3.06. The van der Waals surface area contributed by atoms with Crippen LogP contribution in [0.1, 0.15) is 5.56 Å². The van der Waals surface area contributed by atoms with Crippen LogP contribution in [0.25, 0.3) is 21.9 Å². The van der Waals surface area contributed by atoms with Gasteiger partial charge in [0.1, 0.15) is 11.6 Å². The molecule has 0 spiro atoms. The molecule has 0 fully saturated rings. The Kier molecular flexibility index (Phi) is 4.01. The highest BCUT2D eigenvalue weighted by Gasteiger charge is 2.08. The van der Waals surface area contributed by atoms with Gasteiger partial charge in [-0.25, -0.2) is 4.39 Å². The predicted molar refractivity (Wildman–Crippen MR) is 101 cm³/mol. The molecule has 0 unspecified atom stereocenters. The summed E-state index contributed by atoms with van der Waals surface area (Å²) in [7, 11) is 0. The minimum Gasteiger partial charge on any atom is -0.508 e. The first kappa shape index (κ1) is 16.1. The van der Waals surface area contributed by atoms with Gasteiger partial charge in [0.2, 0.25) is 0 Å². The number of nitrogens with zero attached hydrogens (tertiary/aromatic N) is 1. The average Bonchev–Trinajstić information content (AvgIpc) is 2.66. The van der Waals surface area contributed by atoms with E-state index in [0.29, 0.717) is 10.9 Å². The van der Waals surface area contributed by atoms with Crippen molar-refractivity contribution in [1.82, 2.24) is 4.57 Å². The Morgan fingerprint density at radius 3 is 2.38 bits per heavy atom. The van der Waals surface area contributed by atoms with E-state index in [4.69, 9.17) is 0 Å². The Bertz CT molecular complexity index is 1150. The van der Waals surface area contributed by atoms with E-state index in [2.05, 4.69) is 0 Å². The molecule has 0 aliphatic heterocycles. The van der Waals surface area contributed by atoms with E-state index in [9.17, 15) is 14.3 Å². The van der Waals surface area contributed by atoms with Gasteiger partial charge in [0.05, 0.1) is 6.54 Å². The van der Waals surface area contributed by atoms with E-state index in [1.807, 2.05) is 30.3 Å². The Labute approximate surface area is 149 Å². The molecule has 1 heterocycles. The summed E-state index contributed by atoms with van der Waals surface area (Å²) in [6.07, 6.45) is 1.69. The Morgan fingerprint density at radius 1 is 0.885 bits per heavy atom. The van der Waals surface area contributed by atoms with Crippen LogP contribution in [0.15, 0.2) is 83.8 Å². The second-order valence-corrected chi connectivity index (χ2v) is 6.19. The lowest BCUT2D eigenvalue weighted by molar-refractivity contribution is 0.475. The van der Waals surface area contributed by atoms with Crippen LogP contribution in [-0.2, 0) is 6.54 Å². The zero-order valence-electron chi connectivity index (χ0n) is 13.9. The van der Waals surface area contributed by atoms with Crippen LogP contribution in [0, 0.1) is 5.82 Å². The van der Waals surface area contributed by atoms with E-state index in [1.54, 1.807) is 42.6 Å². The quantitative estimate of drug-likeness (QED) is 0.591. The lowest BCUT2D eigenvalue weighted by Gasteiger charge is -2.09. The lowest BCUT2D eigenvalue weighted by Crippen LogP contribution is -2.20. The maximum Gasteiger partial charge on any atom is 0.258 e. The maximum atomic E-state index is 13.9. The minimum absolute atomic E-state index is 0.150. The van der Waals surface area contributed by atoms with Crippen molar-refractivity contribution in [2.24, 2.45) is 0 Å². The number of phenolic OH excluding ortho intramolecular Hbond substituents is 1. The van der Waals surface area contributed by atoms with Crippen molar-refractivity contribution >= 4 is 10.8 Å². The molecule has 0 atom stereocenters. The molecular formula is C22H16FNO2. The van der Waals surface area contributed by atoms with E-state index in [1.165, 1.54) is 10.6 Å². The molecule has 1 aromatic heterocycles. The van der Waals surface area contributed by atoms with Crippen LogP contribution in [0.5, 0.6) is 5.75 Å². The second kappa shape index (κ2) is 6.48. The molecule has 4 heteroatoms. The maximum absolute atomic E-state index is 13.9. The fourth-order valence-corrected chi connectivity index (χ4v) is 3.06. The summed E-state index contributed by atoms with van der Waals surface area (Å²) < 4.78 is 15.4. The van der Waals surface area contributed by atoms with Gasteiger partial charge in [-0.3, -0.25) is 4.79 Å². The Hall–Kier alpha value is -3.40. The van der Waals surface area contributed by atoms with E-state index < -0.39 is 0 Å². The third kappa shape index (κ3) is 2.97. The Morgan fingerprint density at radius 2 is 1.62 bits per heavy atom. The van der Waals surface area contributed by atoms with Crippen LogP contribution in [0.3, 0.4) is 0 Å².